The Hall–Kier alpha value is -2.03. The standard InChI is InChI=1S/C16H16N2O/c1-11(19)9-16-17-8-7-15(18-16)14-6-5-12-3-2-4-13(12)10-14/h5-8,10H,2-4,9H2,1H3. The first kappa shape index (κ1) is 12.0. The molecule has 1 aromatic carbocycles. The molecule has 3 rings (SSSR count). The number of Topliss-reactive ketones (excluding diaryl/α,β-unsaturated/α-hetero) is 1. The molecular formula is C16H16N2O. The zero-order valence-corrected chi connectivity index (χ0v) is 11.0. The van der Waals surface area contributed by atoms with Crippen molar-refractivity contribution in [1.29, 1.82) is 0 Å². The first-order valence-corrected chi connectivity index (χ1v) is 6.66. The quantitative estimate of drug-likeness (QED) is 0.843. The number of carbonyl (C=O) groups excluding carboxylic acids is 1. The van der Waals surface area contributed by atoms with E-state index in [9.17, 15) is 4.79 Å². The number of nitrogens with zero attached hydrogens (tertiary/aromatic N) is 2. The molecule has 1 aliphatic rings. The average Bonchev–Trinajstić information content (AvgIpc) is 2.85. The third-order valence-electron chi connectivity index (χ3n) is 3.51. The van der Waals surface area contributed by atoms with Gasteiger partial charge in [0.25, 0.3) is 0 Å². The minimum atomic E-state index is 0.0890. The summed E-state index contributed by atoms with van der Waals surface area (Å²) in [6.45, 7) is 1.56. The van der Waals surface area contributed by atoms with Gasteiger partial charge in [-0.2, -0.15) is 0 Å². The topological polar surface area (TPSA) is 42.9 Å². The summed E-state index contributed by atoms with van der Waals surface area (Å²) in [6, 6.07) is 8.44. The monoisotopic (exact) mass is 252 g/mol. The highest BCUT2D eigenvalue weighted by Gasteiger charge is 2.12. The number of fused-ring (bicyclic) bond motifs is 1. The third kappa shape index (κ3) is 2.55. The predicted molar refractivity (Wildman–Crippen MR) is 73.9 cm³/mol. The van der Waals surface area contributed by atoms with Crippen molar-refractivity contribution < 1.29 is 4.79 Å². The van der Waals surface area contributed by atoms with Crippen molar-refractivity contribution >= 4 is 5.78 Å². The van der Waals surface area contributed by atoms with Gasteiger partial charge < -0.3 is 0 Å². The minimum absolute atomic E-state index is 0.0890. The van der Waals surface area contributed by atoms with Gasteiger partial charge >= 0.3 is 0 Å². The summed E-state index contributed by atoms with van der Waals surface area (Å²) < 4.78 is 0. The van der Waals surface area contributed by atoms with Crippen LogP contribution in [0.25, 0.3) is 11.3 Å². The van der Waals surface area contributed by atoms with Gasteiger partial charge in [0.05, 0.1) is 12.1 Å². The molecule has 0 spiro atoms. The number of ketones is 1. The van der Waals surface area contributed by atoms with E-state index in [1.54, 1.807) is 13.1 Å². The summed E-state index contributed by atoms with van der Waals surface area (Å²) in [6.07, 6.45) is 5.63. The van der Waals surface area contributed by atoms with Crippen molar-refractivity contribution in [3.05, 3.63) is 47.4 Å². The minimum Gasteiger partial charge on any atom is -0.300 e. The molecule has 3 nitrogen and oxygen atoms in total. The smallest absolute Gasteiger partial charge is 0.137 e. The number of hydrogen-bond donors (Lipinski definition) is 0. The second kappa shape index (κ2) is 4.92. The molecule has 3 heteroatoms. The fourth-order valence-electron chi connectivity index (χ4n) is 2.60. The summed E-state index contributed by atoms with van der Waals surface area (Å²) in [5.41, 5.74) is 4.92. The van der Waals surface area contributed by atoms with Crippen LogP contribution in [0.5, 0.6) is 0 Å². The van der Waals surface area contributed by atoms with Crippen LogP contribution in [-0.2, 0) is 24.1 Å². The van der Waals surface area contributed by atoms with Crippen LogP contribution in [0.3, 0.4) is 0 Å². The maximum Gasteiger partial charge on any atom is 0.137 e. The highest BCUT2D eigenvalue weighted by molar-refractivity contribution is 5.77. The molecule has 1 aromatic heterocycles. The molecule has 0 radical (unpaired) electrons. The lowest BCUT2D eigenvalue weighted by Crippen LogP contribution is -2.02. The van der Waals surface area contributed by atoms with Crippen molar-refractivity contribution in [3.63, 3.8) is 0 Å². The van der Waals surface area contributed by atoms with E-state index in [0.29, 0.717) is 12.2 Å². The Morgan fingerprint density at radius 3 is 2.89 bits per heavy atom. The van der Waals surface area contributed by atoms with Gasteiger partial charge in [-0.1, -0.05) is 12.1 Å². The maximum atomic E-state index is 11.1. The van der Waals surface area contributed by atoms with Crippen molar-refractivity contribution in [2.45, 2.75) is 32.6 Å². The van der Waals surface area contributed by atoms with E-state index >= 15 is 0 Å². The van der Waals surface area contributed by atoms with Crippen molar-refractivity contribution in [1.82, 2.24) is 9.97 Å². The van der Waals surface area contributed by atoms with Gasteiger partial charge in [-0.15, -0.1) is 0 Å². The number of benzene rings is 1. The number of aryl methyl sites for hydroxylation is 2. The molecule has 0 unspecified atom stereocenters. The van der Waals surface area contributed by atoms with Gasteiger partial charge in [0.15, 0.2) is 0 Å². The Kier molecular flexibility index (Phi) is 3.11. The van der Waals surface area contributed by atoms with E-state index in [4.69, 9.17) is 0 Å². The zero-order valence-electron chi connectivity index (χ0n) is 11.0. The number of carbonyl (C=O) groups is 1. The highest BCUT2D eigenvalue weighted by Crippen LogP contribution is 2.27. The van der Waals surface area contributed by atoms with Crippen LogP contribution in [0, 0.1) is 0 Å². The molecule has 0 atom stereocenters. The van der Waals surface area contributed by atoms with Crippen LogP contribution in [0.4, 0.5) is 0 Å². The molecule has 0 saturated heterocycles. The largest absolute Gasteiger partial charge is 0.300 e. The summed E-state index contributed by atoms with van der Waals surface area (Å²) in [5, 5.41) is 0. The van der Waals surface area contributed by atoms with E-state index in [1.807, 2.05) is 6.07 Å². The van der Waals surface area contributed by atoms with Crippen LogP contribution >= 0.6 is 0 Å². The van der Waals surface area contributed by atoms with Gasteiger partial charge in [0, 0.05) is 11.8 Å². The number of aromatic nitrogens is 2. The van der Waals surface area contributed by atoms with E-state index in [2.05, 4.69) is 28.2 Å². The first-order valence-electron chi connectivity index (χ1n) is 6.66. The predicted octanol–water partition coefficient (Wildman–Crippen LogP) is 2.76. The number of hydrogen-bond acceptors (Lipinski definition) is 3. The number of rotatable bonds is 3. The molecule has 0 aliphatic heterocycles. The van der Waals surface area contributed by atoms with Crippen LogP contribution in [0.15, 0.2) is 30.5 Å². The Balaban J connectivity index is 1.95. The Morgan fingerprint density at radius 2 is 2.05 bits per heavy atom. The first-order chi connectivity index (χ1) is 9.22. The van der Waals surface area contributed by atoms with Crippen molar-refractivity contribution in [2.75, 3.05) is 0 Å². The molecule has 1 aliphatic carbocycles. The lowest BCUT2D eigenvalue weighted by atomic mass is 10.0. The van der Waals surface area contributed by atoms with Gasteiger partial charge in [0.1, 0.15) is 11.6 Å². The molecular weight excluding hydrogens is 236 g/mol. The van der Waals surface area contributed by atoms with Crippen LogP contribution in [0.1, 0.15) is 30.3 Å². The Morgan fingerprint density at radius 1 is 1.21 bits per heavy atom. The summed E-state index contributed by atoms with van der Waals surface area (Å²) in [7, 11) is 0. The molecule has 0 amide bonds. The normalized spacial score (nSPS) is 13.3. The fraction of sp³-hybridized carbons (Fsp3) is 0.312. The molecule has 19 heavy (non-hydrogen) atoms. The zero-order chi connectivity index (χ0) is 13.2. The lowest BCUT2D eigenvalue weighted by molar-refractivity contribution is -0.116. The maximum absolute atomic E-state index is 11.1. The van der Waals surface area contributed by atoms with Crippen LogP contribution in [0.2, 0.25) is 0 Å². The van der Waals surface area contributed by atoms with E-state index < -0.39 is 0 Å². The van der Waals surface area contributed by atoms with Gasteiger partial charge in [-0.05, 0) is 49.4 Å². The Bertz CT molecular complexity index is 634. The van der Waals surface area contributed by atoms with E-state index in [-0.39, 0.29) is 5.78 Å². The second-order valence-corrected chi connectivity index (χ2v) is 5.07. The second-order valence-electron chi connectivity index (χ2n) is 5.07. The highest BCUT2D eigenvalue weighted by atomic mass is 16.1. The van der Waals surface area contributed by atoms with Crippen LogP contribution < -0.4 is 0 Å². The van der Waals surface area contributed by atoms with Crippen molar-refractivity contribution in [3.8, 4) is 11.3 Å². The third-order valence-corrected chi connectivity index (χ3v) is 3.51. The Labute approximate surface area is 112 Å². The van der Waals surface area contributed by atoms with Gasteiger partial charge in [-0.25, -0.2) is 9.97 Å². The molecule has 96 valence electrons. The molecule has 0 fully saturated rings. The van der Waals surface area contributed by atoms with E-state index in [0.717, 1.165) is 17.7 Å². The summed E-state index contributed by atoms with van der Waals surface area (Å²) >= 11 is 0. The molecule has 0 saturated carbocycles. The average molecular weight is 252 g/mol. The van der Waals surface area contributed by atoms with E-state index in [1.165, 1.54) is 24.0 Å². The fourth-order valence-corrected chi connectivity index (χ4v) is 2.60. The molecule has 0 bridgehead atoms. The molecule has 1 heterocycles. The summed E-state index contributed by atoms with van der Waals surface area (Å²) in [5.74, 6) is 0.691. The van der Waals surface area contributed by atoms with Crippen molar-refractivity contribution in [2.24, 2.45) is 0 Å². The SMILES string of the molecule is CC(=O)Cc1nccc(-c2ccc3c(c2)CCC3)n1. The van der Waals surface area contributed by atoms with Gasteiger partial charge in [0.2, 0.25) is 0 Å². The molecule has 2 aromatic rings. The summed E-state index contributed by atoms with van der Waals surface area (Å²) in [4.78, 5) is 19.8. The lowest BCUT2D eigenvalue weighted by Gasteiger charge is -2.05. The van der Waals surface area contributed by atoms with Crippen LogP contribution in [-0.4, -0.2) is 15.8 Å². The van der Waals surface area contributed by atoms with Gasteiger partial charge in [-0.3, -0.25) is 4.79 Å². The molecule has 0 N–H and O–H groups in total.